The van der Waals surface area contributed by atoms with Gasteiger partial charge in [0.05, 0.1) is 0 Å². The molecule has 0 saturated heterocycles. The fourth-order valence-electron chi connectivity index (χ4n) is 3.25. The number of hydrogen-bond donors (Lipinski definition) is 0. The van der Waals surface area contributed by atoms with E-state index in [4.69, 9.17) is 0 Å². The van der Waals surface area contributed by atoms with E-state index < -0.39 is 0 Å². The Kier molecular flexibility index (Phi) is 36.7. The van der Waals surface area contributed by atoms with Crippen LogP contribution in [0.1, 0.15) is 105 Å². The van der Waals surface area contributed by atoms with Gasteiger partial charge in [-0.1, -0.05) is 215 Å². The molecule has 0 N–H and O–H groups in total. The summed E-state index contributed by atoms with van der Waals surface area (Å²) >= 11 is 0. The zero-order valence-electron chi connectivity index (χ0n) is 30.4. The second-order valence-corrected chi connectivity index (χ2v) is 7.86. The van der Waals surface area contributed by atoms with E-state index in [1.54, 1.807) is 0 Å². The second kappa shape index (κ2) is 33.8. The summed E-state index contributed by atoms with van der Waals surface area (Å²) in [7, 11) is 0. The molecule has 0 heterocycles. The van der Waals surface area contributed by atoms with Gasteiger partial charge in [0.15, 0.2) is 0 Å². The van der Waals surface area contributed by atoms with Gasteiger partial charge in [0.25, 0.3) is 0 Å². The Hall–Kier alpha value is -3.38. The number of rotatable bonds is 0. The van der Waals surface area contributed by atoms with Crippen molar-refractivity contribution in [3.8, 4) is 0 Å². The SMILES string of the molecule is CC.CC.CC.CC.CC.CC.Cc1ccc(C)cc1.Cc1ccc2ccccc2c1.Cc1ccc2ccccc2c1. The van der Waals surface area contributed by atoms with E-state index in [2.05, 4.69) is 137 Å². The molecule has 0 aromatic heterocycles. The molecule has 0 saturated carbocycles. The van der Waals surface area contributed by atoms with E-state index in [-0.39, 0.29) is 0 Å². The van der Waals surface area contributed by atoms with E-state index in [0.717, 1.165) is 0 Å². The van der Waals surface area contributed by atoms with E-state index in [1.165, 1.54) is 43.8 Å². The van der Waals surface area contributed by atoms with Gasteiger partial charge >= 0.3 is 0 Å². The highest BCUT2D eigenvalue weighted by molar-refractivity contribution is 5.83. The molecule has 0 bridgehead atoms. The van der Waals surface area contributed by atoms with Crippen molar-refractivity contribution in [2.75, 3.05) is 0 Å². The van der Waals surface area contributed by atoms with E-state index in [1.807, 2.05) is 83.1 Å². The van der Waals surface area contributed by atoms with Crippen LogP contribution in [0.5, 0.6) is 0 Å². The van der Waals surface area contributed by atoms with Crippen molar-refractivity contribution < 1.29 is 0 Å². The van der Waals surface area contributed by atoms with Gasteiger partial charge in [0.1, 0.15) is 0 Å². The maximum Gasteiger partial charge on any atom is -0.0181 e. The summed E-state index contributed by atoms with van der Waals surface area (Å²) in [5.74, 6) is 0. The predicted octanol–water partition coefficient (Wildman–Crippen LogP) is 14.8. The Morgan fingerprint density at radius 2 is 0.452 bits per heavy atom. The summed E-state index contributed by atoms with van der Waals surface area (Å²) in [5.41, 5.74) is 5.30. The average Bonchev–Trinajstić information content (AvgIpc) is 3.08. The first-order valence-electron chi connectivity index (χ1n) is 16.5. The molecule has 0 aliphatic carbocycles. The van der Waals surface area contributed by atoms with E-state index in [0.29, 0.717) is 0 Å². The van der Waals surface area contributed by atoms with Gasteiger partial charge in [-0.25, -0.2) is 0 Å². The highest BCUT2D eigenvalue weighted by Crippen LogP contribution is 2.15. The number of fused-ring (bicyclic) bond motifs is 2. The molecule has 0 fully saturated rings. The third-order valence-electron chi connectivity index (χ3n) is 5.03. The Balaban J connectivity index is -0.000000220. The molecule has 0 atom stereocenters. The lowest BCUT2D eigenvalue weighted by Crippen LogP contribution is -1.73. The first-order valence-corrected chi connectivity index (χ1v) is 16.5. The van der Waals surface area contributed by atoms with Gasteiger partial charge in [-0.2, -0.15) is 0 Å². The van der Waals surface area contributed by atoms with Crippen LogP contribution in [0.3, 0.4) is 0 Å². The topological polar surface area (TPSA) is 0 Å². The number of aryl methyl sites for hydroxylation is 4. The predicted molar refractivity (Wildman–Crippen MR) is 201 cm³/mol. The minimum atomic E-state index is 1.32. The molecule has 5 aromatic rings. The van der Waals surface area contributed by atoms with Crippen molar-refractivity contribution in [3.63, 3.8) is 0 Å². The monoisotopic (exact) mass is 571 g/mol. The van der Waals surface area contributed by atoms with Crippen LogP contribution in [0.2, 0.25) is 0 Å². The van der Waals surface area contributed by atoms with Crippen LogP contribution in [-0.2, 0) is 0 Å². The molecule has 0 aliphatic rings. The Labute approximate surface area is 263 Å². The Morgan fingerprint density at radius 1 is 0.238 bits per heavy atom. The third-order valence-corrected chi connectivity index (χ3v) is 5.03. The highest BCUT2D eigenvalue weighted by atomic mass is 14.0. The standard InChI is InChI=1S/2C11H10.C8H10.6C2H6/c2*1-9-6-7-10-4-2-3-5-11(10)8-9;1-7-3-5-8(2)6-4-7;6*1-2/h2*2-8H,1H3;3-6H,1-2H3;6*1-2H3. The maximum atomic E-state index is 2.20. The number of hydrogen-bond acceptors (Lipinski definition) is 0. The molecule has 234 valence electrons. The van der Waals surface area contributed by atoms with Crippen LogP contribution >= 0.6 is 0 Å². The third kappa shape index (κ3) is 21.4. The molecule has 0 amide bonds. The summed E-state index contributed by atoms with van der Waals surface area (Å²) in [6, 6.07) is 38.3. The fourth-order valence-corrected chi connectivity index (χ4v) is 3.25. The van der Waals surface area contributed by atoms with Gasteiger partial charge in [-0.05, 0) is 49.2 Å². The molecule has 42 heavy (non-hydrogen) atoms. The van der Waals surface area contributed by atoms with Crippen LogP contribution < -0.4 is 0 Å². The largest absolute Gasteiger partial charge is 0.0683 e. The van der Waals surface area contributed by atoms with Crippen molar-refractivity contribution in [2.45, 2.75) is 111 Å². The zero-order chi connectivity index (χ0) is 33.3. The molecule has 5 aromatic carbocycles. The van der Waals surface area contributed by atoms with Gasteiger partial charge < -0.3 is 0 Å². The van der Waals surface area contributed by atoms with Gasteiger partial charge in [0.2, 0.25) is 0 Å². The smallest absolute Gasteiger partial charge is 0.0181 e. The minimum absolute atomic E-state index is 1.32. The van der Waals surface area contributed by atoms with Crippen molar-refractivity contribution >= 4 is 21.5 Å². The average molecular weight is 571 g/mol. The maximum absolute atomic E-state index is 2.20. The summed E-state index contributed by atoms with van der Waals surface area (Å²) < 4.78 is 0. The normalized spacial score (nSPS) is 8.00. The molecule has 0 aliphatic heterocycles. The molecule has 0 unspecified atom stereocenters. The van der Waals surface area contributed by atoms with Crippen molar-refractivity contribution in [1.82, 2.24) is 0 Å². The van der Waals surface area contributed by atoms with Crippen molar-refractivity contribution in [1.29, 1.82) is 0 Å². The molecular weight excluding hydrogens is 504 g/mol. The molecular formula is C42H66. The fraction of sp³-hybridized carbons (Fsp3) is 0.381. The van der Waals surface area contributed by atoms with E-state index in [9.17, 15) is 0 Å². The molecule has 0 radical (unpaired) electrons. The first kappa shape index (κ1) is 45.6. The lowest BCUT2D eigenvalue weighted by atomic mass is 10.1. The van der Waals surface area contributed by atoms with Crippen molar-refractivity contribution in [3.05, 3.63) is 131 Å². The summed E-state index contributed by atoms with van der Waals surface area (Å²) in [5, 5.41) is 5.29. The summed E-state index contributed by atoms with van der Waals surface area (Å²) in [6.07, 6.45) is 0. The highest BCUT2D eigenvalue weighted by Gasteiger charge is 1.90. The number of benzene rings is 5. The Morgan fingerprint density at radius 3 is 0.714 bits per heavy atom. The van der Waals surface area contributed by atoms with Crippen LogP contribution in [-0.4, -0.2) is 0 Å². The van der Waals surface area contributed by atoms with Gasteiger partial charge in [-0.3, -0.25) is 0 Å². The summed E-state index contributed by atoms with van der Waals surface area (Å²) in [4.78, 5) is 0. The molecule has 5 rings (SSSR count). The van der Waals surface area contributed by atoms with Crippen LogP contribution in [0.4, 0.5) is 0 Å². The lowest BCUT2D eigenvalue weighted by molar-refractivity contribution is 1.40. The van der Waals surface area contributed by atoms with Crippen LogP contribution in [0.15, 0.2) is 109 Å². The minimum Gasteiger partial charge on any atom is -0.0683 e. The van der Waals surface area contributed by atoms with E-state index >= 15 is 0 Å². The van der Waals surface area contributed by atoms with Gasteiger partial charge in [-0.15, -0.1) is 0 Å². The second-order valence-electron chi connectivity index (χ2n) is 7.86. The lowest BCUT2D eigenvalue weighted by Gasteiger charge is -1.96. The van der Waals surface area contributed by atoms with Gasteiger partial charge in [0, 0.05) is 0 Å². The van der Waals surface area contributed by atoms with Crippen LogP contribution in [0.25, 0.3) is 21.5 Å². The zero-order valence-corrected chi connectivity index (χ0v) is 30.4. The quantitative estimate of drug-likeness (QED) is 0.174. The molecule has 0 spiro atoms. The summed E-state index contributed by atoms with van der Waals surface area (Å²) in [6.45, 7) is 32.4. The molecule has 0 nitrogen and oxygen atoms in total. The Bertz CT molecular complexity index is 1120. The first-order chi connectivity index (χ1) is 20.5. The van der Waals surface area contributed by atoms with Crippen molar-refractivity contribution in [2.24, 2.45) is 0 Å². The molecule has 0 heteroatoms. The van der Waals surface area contributed by atoms with Crippen LogP contribution in [0, 0.1) is 27.7 Å².